The monoisotopic (exact) mass is 592 g/mol. The maximum absolute atomic E-state index is 13.0. The molecule has 1 aliphatic rings. The van der Waals surface area contributed by atoms with Gasteiger partial charge in [0.2, 0.25) is 0 Å². The highest BCUT2D eigenvalue weighted by atomic mass is 28.4. The smallest absolute Gasteiger partial charge is 0.407 e. The van der Waals surface area contributed by atoms with Crippen LogP contribution in [0.5, 0.6) is 5.75 Å². The fourth-order valence-corrected chi connectivity index (χ4v) is 4.83. The Hall–Kier alpha value is -2.79. The van der Waals surface area contributed by atoms with Crippen molar-refractivity contribution in [3.8, 4) is 5.75 Å². The summed E-state index contributed by atoms with van der Waals surface area (Å²) in [6, 6.07) is 7.87. The lowest BCUT2D eigenvalue weighted by molar-refractivity contribution is -0.165. The van der Waals surface area contributed by atoms with E-state index in [1.54, 1.807) is 0 Å². The lowest BCUT2D eigenvalue weighted by Crippen LogP contribution is -2.49. The van der Waals surface area contributed by atoms with Crippen molar-refractivity contribution in [3.63, 3.8) is 0 Å². The first kappa shape index (κ1) is 34.4. The number of hydrogen-bond donors (Lipinski definition) is 3. The number of guanidine groups is 1. The molecular weight excluding hydrogens is 540 g/mol. The lowest BCUT2D eigenvalue weighted by atomic mass is 9.98. The summed E-state index contributed by atoms with van der Waals surface area (Å²) in [5.74, 6) is 1.18. The van der Waals surface area contributed by atoms with E-state index in [0.717, 1.165) is 12.1 Å². The highest BCUT2D eigenvalue weighted by molar-refractivity contribution is 6.74. The molecule has 0 bridgehead atoms. The minimum Gasteiger partial charge on any atom is -0.490 e. The predicted octanol–water partition coefficient (Wildman–Crippen LogP) is 4.95. The van der Waals surface area contributed by atoms with Gasteiger partial charge in [-0.15, -0.1) is 0 Å². The minimum absolute atomic E-state index is 0.0578. The van der Waals surface area contributed by atoms with E-state index in [0.29, 0.717) is 31.3 Å². The van der Waals surface area contributed by atoms with Gasteiger partial charge in [-0.3, -0.25) is 4.99 Å². The summed E-state index contributed by atoms with van der Waals surface area (Å²) in [4.78, 5) is 29.3. The van der Waals surface area contributed by atoms with Gasteiger partial charge in [0.1, 0.15) is 23.6 Å². The zero-order valence-corrected chi connectivity index (χ0v) is 27.9. The molecule has 2 rings (SSSR count). The molecule has 1 heterocycles. The summed E-state index contributed by atoms with van der Waals surface area (Å²) in [7, 11) is -2.24. The Kier molecular flexibility index (Phi) is 11.7. The van der Waals surface area contributed by atoms with Crippen LogP contribution in [-0.2, 0) is 18.7 Å². The van der Waals surface area contributed by atoms with E-state index in [1.165, 1.54) is 0 Å². The third-order valence-electron chi connectivity index (χ3n) is 6.74. The molecule has 3 N–H and O–H groups in total. The van der Waals surface area contributed by atoms with E-state index >= 15 is 0 Å². The van der Waals surface area contributed by atoms with Crippen LogP contribution in [0.15, 0.2) is 29.3 Å². The van der Waals surface area contributed by atoms with Gasteiger partial charge in [0.15, 0.2) is 20.4 Å². The molecule has 0 fully saturated rings. The van der Waals surface area contributed by atoms with Gasteiger partial charge in [0, 0.05) is 25.6 Å². The van der Waals surface area contributed by atoms with E-state index in [1.807, 2.05) is 65.8 Å². The Morgan fingerprint density at radius 1 is 0.976 bits per heavy atom. The molecule has 1 aromatic rings. The van der Waals surface area contributed by atoms with Crippen molar-refractivity contribution in [2.45, 2.75) is 104 Å². The van der Waals surface area contributed by atoms with Gasteiger partial charge in [-0.2, -0.15) is 0 Å². The topological polar surface area (TPSA) is 120 Å². The van der Waals surface area contributed by atoms with E-state index in [-0.39, 0.29) is 17.6 Å². The van der Waals surface area contributed by atoms with Crippen LogP contribution in [0.3, 0.4) is 0 Å². The highest BCUT2D eigenvalue weighted by Crippen LogP contribution is 2.37. The Labute approximate surface area is 247 Å². The SMILES string of the molecule is CC(C)(C)OC(=O)NCCNC1=NCC(c2ccc(OC[C@@H](O[Si](C)(C)C(C)(C)C)C(=O)OC(C)(C)C)cc2)CN1. The fourth-order valence-electron chi connectivity index (χ4n) is 3.60. The molecule has 0 saturated carbocycles. The van der Waals surface area contributed by atoms with Gasteiger partial charge in [-0.1, -0.05) is 32.9 Å². The van der Waals surface area contributed by atoms with Crippen LogP contribution in [0, 0.1) is 0 Å². The summed E-state index contributed by atoms with van der Waals surface area (Å²) >= 11 is 0. The number of benzene rings is 1. The van der Waals surface area contributed by atoms with Gasteiger partial charge >= 0.3 is 12.1 Å². The number of carbonyl (C=O) groups excluding carboxylic acids is 2. The second-order valence-corrected chi connectivity index (χ2v) is 18.7. The van der Waals surface area contributed by atoms with Gasteiger partial charge in [-0.25, -0.2) is 9.59 Å². The Bertz CT molecular complexity index is 1040. The van der Waals surface area contributed by atoms with Crippen LogP contribution in [-0.4, -0.2) is 76.4 Å². The van der Waals surface area contributed by atoms with E-state index in [2.05, 4.69) is 54.8 Å². The van der Waals surface area contributed by atoms with E-state index < -0.39 is 37.7 Å². The van der Waals surface area contributed by atoms with E-state index in [4.69, 9.17) is 18.6 Å². The first-order valence-corrected chi connectivity index (χ1v) is 17.3. The quantitative estimate of drug-likeness (QED) is 0.198. The van der Waals surface area contributed by atoms with Crippen molar-refractivity contribution in [3.05, 3.63) is 29.8 Å². The third-order valence-corrected chi connectivity index (χ3v) is 11.2. The summed E-state index contributed by atoms with van der Waals surface area (Å²) in [5, 5.41) is 9.17. The summed E-state index contributed by atoms with van der Waals surface area (Å²) in [6.45, 7) is 24.1. The molecule has 1 amide bonds. The van der Waals surface area contributed by atoms with Crippen LogP contribution in [0.1, 0.15) is 73.8 Å². The predicted molar refractivity (Wildman–Crippen MR) is 165 cm³/mol. The zero-order valence-electron chi connectivity index (χ0n) is 26.9. The maximum atomic E-state index is 13.0. The molecule has 1 unspecified atom stereocenters. The number of amides is 1. The van der Waals surface area contributed by atoms with Crippen molar-refractivity contribution < 1.29 is 28.2 Å². The molecule has 0 spiro atoms. The number of ether oxygens (including phenoxy) is 3. The fraction of sp³-hybridized carbons (Fsp3) is 0.700. The number of aliphatic imine (C=N–C) groups is 1. The molecular formula is C30H52N4O6Si. The third kappa shape index (κ3) is 12.3. The van der Waals surface area contributed by atoms with Crippen molar-refractivity contribution in [2.75, 3.05) is 32.8 Å². The number of esters is 1. The first-order valence-electron chi connectivity index (χ1n) is 14.4. The van der Waals surface area contributed by atoms with Crippen LogP contribution in [0.4, 0.5) is 4.79 Å². The average molecular weight is 593 g/mol. The molecule has 11 heteroatoms. The van der Waals surface area contributed by atoms with Crippen LogP contribution < -0.4 is 20.7 Å². The number of rotatable bonds is 10. The molecule has 0 aromatic heterocycles. The lowest BCUT2D eigenvalue weighted by Gasteiger charge is -2.39. The number of nitrogens with one attached hydrogen (secondary N) is 3. The summed E-state index contributed by atoms with van der Waals surface area (Å²) < 4.78 is 23.3. The number of carbonyl (C=O) groups is 2. The Morgan fingerprint density at radius 2 is 1.59 bits per heavy atom. The normalized spacial score (nSPS) is 17.0. The van der Waals surface area contributed by atoms with Crippen LogP contribution in [0.2, 0.25) is 18.1 Å². The first-order chi connectivity index (χ1) is 18.8. The Morgan fingerprint density at radius 3 is 2.10 bits per heavy atom. The number of nitrogens with zero attached hydrogens (tertiary/aromatic N) is 1. The standard InChI is InChI=1S/C30H52N4O6Si/c1-28(2,3)38-25(35)24(40-41(10,11)30(7,8)9)20-37-23-14-12-21(13-15-23)22-18-33-26(34-19-22)31-16-17-32-27(36)39-29(4,5)6/h12-15,22,24H,16-20H2,1-11H3,(H,32,36)(H2,31,33,34)/t24-/m1/s1. The molecule has 10 nitrogen and oxygen atoms in total. The number of hydrogen-bond acceptors (Lipinski definition) is 9. The molecule has 0 aliphatic carbocycles. The summed E-state index contributed by atoms with van der Waals surface area (Å²) in [5.41, 5.74) is 0.00450. The van der Waals surface area contributed by atoms with Crippen molar-refractivity contribution in [1.29, 1.82) is 0 Å². The van der Waals surface area contributed by atoms with Crippen LogP contribution >= 0.6 is 0 Å². The molecule has 41 heavy (non-hydrogen) atoms. The van der Waals surface area contributed by atoms with Crippen molar-refractivity contribution in [2.24, 2.45) is 4.99 Å². The molecule has 232 valence electrons. The Balaban J connectivity index is 1.89. The molecule has 0 saturated heterocycles. The van der Waals surface area contributed by atoms with Crippen molar-refractivity contribution in [1.82, 2.24) is 16.0 Å². The molecule has 2 atom stereocenters. The molecule has 0 radical (unpaired) electrons. The second-order valence-electron chi connectivity index (χ2n) is 13.9. The van der Waals surface area contributed by atoms with Gasteiger partial charge in [0.05, 0.1) is 6.54 Å². The minimum atomic E-state index is -2.24. The van der Waals surface area contributed by atoms with Gasteiger partial charge in [0.25, 0.3) is 0 Å². The van der Waals surface area contributed by atoms with E-state index in [9.17, 15) is 9.59 Å². The largest absolute Gasteiger partial charge is 0.490 e. The second kappa shape index (κ2) is 13.9. The molecule has 1 aromatic carbocycles. The highest BCUT2D eigenvalue weighted by Gasteiger charge is 2.42. The average Bonchev–Trinajstić information content (AvgIpc) is 2.82. The van der Waals surface area contributed by atoms with Crippen molar-refractivity contribution >= 4 is 26.3 Å². The van der Waals surface area contributed by atoms with Gasteiger partial charge < -0.3 is 34.6 Å². The van der Waals surface area contributed by atoms with Gasteiger partial charge in [-0.05, 0) is 77.4 Å². The zero-order chi connectivity index (χ0) is 31.1. The summed E-state index contributed by atoms with van der Waals surface area (Å²) in [6.07, 6.45) is -1.24. The maximum Gasteiger partial charge on any atom is 0.407 e. The van der Waals surface area contributed by atoms with Crippen LogP contribution in [0.25, 0.3) is 0 Å². The molecule has 1 aliphatic heterocycles. The number of alkyl carbamates (subject to hydrolysis) is 1.